The summed E-state index contributed by atoms with van der Waals surface area (Å²) in [7, 11) is 0. The molecule has 248 valence electrons. The van der Waals surface area contributed by atoms with Gasteiger partial charge >= 0.3 is 5.97 Å². The molecule has 0 bridgehead atoms. The van der Waals surface area contributed by atoms with Crippen LogP contribution in [0.15, 0.2) is 36.4 Å². The number of esters is 1. The predicted octanol–water partition coefficient (Wildman–Crippen LogP) is 4.29. The van der Waals surface area contributed by atoms with E-state index in [0.29, 0.717) is 22.3 Å². The van der Waals surface area contributed by atoms with Crippen LogP contribution in [0.2, 0.25) is 0 Å². The van der Waals surface area contributed by atoms with Gasteiger partial charge in [0.1, 0.15) is 17.5 Å². The average Bonchev–Trinajstić information content (AvgIpc) is 2.97. The van der Waals surface area contributed by atoms with E-state index in [2.05, 4.69) is 0 Å². The summed E-state index contributed by atoms with van der Waals surface area (Å²) in [4.78, 5) is 93.7. The van der Waals surface area contributed by atoms with E-state index >= 15 is 0 Å². The average molecular weight is 645 g/mol. The summed E-state index contributed by atoms with van der Waals surface area (Å²) in [5.74, 6) is -10.4. The van der Waals surface area contributed by atoms with Gasteiger partial charge in [0.05, 0.1) is 24.5 Å². The number of fused-ring (bicyclic) bond motifs is 3. The van der Waals surface area contributed by atoms with Crippen molar-refractivity contribution in [1.29, 1.82) is 0 Å². The van der Waals surface area contributed by atoms with Gasteiger partial charge in [-0.05, 0) is 66.8 Å². The van der Waals surface area contributed by atoms with E-state index in [1.165, 1.54) is 13.0 Å². The lowest BCUT2D eigenvalue weighted by Crippen LogP contribution is -2.76. The summed E-state index contributed by atoms with van der Waals surface area (Å²) in [6, 6.07) is 9.62. The van der Waals surface area contributed by atoms with Gasteiger partial charge in [-0.1, -0.05) is 52.0 Å². The van der Waals surface area contributed by atoms with Gasteiger partial charge in [-0.2, -0.15) is 0 Å². The molecule has 10 heteroatoms. The van der Waals surface area contributed by atoms with Crippen molar-refractivity contribution in [3.63, 3.8) is 0 Å². The van der Waals surface area contributed by atoms with Gasteiger partial charge in [-0.15, -0.1) is 0 Å². The molecular formula is C37H40O10. The molecule has 0 spiro atoms. The molecule has 6 atom stereocenters. The zero-order valence-corrected chi connectivity index (χ0v) is 27.5. The van der Waals surface area contributed by atoms with Crippen LogP contribution in [-0.4, -0.2) is 63.1 Å². The number of hydrogen-bond donors (Lipinski definition) is 2. The molecule has 2 fully saturated rings. The predicted molar refractivity (Wildman–Crippen MR) is 169 cm³/mol. The number of phenolic OH excluding ortho intramolecular Hbond substituents is 1. The summed E-state index contributed by atoms with van der Waals surface area (Å²) in [6.45, 7) is 9.68. The molecule has 0 radical (unpaired) electrons. The highest BCUT2D eigenvalue weighted by atomic mass is 16.5. The molecule has 0 amide bonds. The number of Topliss-reactive ketones (excluding diaryl/α,β-unsaturated/α-hetero) is 6. The summed E-state index contributed by atoms with van der Waals surface area (Å²) >= 11 is 0. The second kappa shape index (κ2) is 11.7. The highest BCUT2D eigenvalue weighted by molar-refractivity contribution is 6.32. The van der Waals surface area contributed by atoms with Gasteiger partial charge < -0.3 is 14.9 Å². The van der Waals surface area contributed by atoms with Gasteiger partial charge in [0.2, 0.25) is 0 Å². The quantitative estimate of drug-likeness (QED) is 0.240. The molecule has 2 saturated carbocycles. The minimum atomic E-state index is -2.77. The SMILES string of the molecule is CCOC(=O)CCC(=O)c1cccc(-c2ccc(O)c3c2C[C@]2(C)C[C@]4(C)C(C(C)C)C(=O)C(C(C)=O)C(=O)[C@]4(O)C(=O)C2C3=O)c1. The van der Waals surface area contributed by atoms with Gasteiger partial charge in [0, 0.05) is 23.3 Å². The van der Waals surface area contributed by atoms with Crippen molar-refractivity contribution in [2.75, 3.05) is 6.61 Å². The minimum Gasteiger partial charge on any atom is -0.507 e. The lowest BCUT2D eigenvalue weighted by Gasteiger charge is -2.61. The molecule has 2 aromatic rings. The van der Waals surface area contributed by atoms with Crippen LogP contribution in [-0.2, 0) is 35.1 Å². The number of carbonyl (C=O) groups is 7. The molecule has 3 unspecified atom stereocenters. The lowest BCUT2D eigenvalue weighted by molar-refractivity contribution is -0.205. The third-order valence-electron chi connectivity index (χ3n) is 10.6. The fraction of sp³-hybridized carbons (Fsp3) is 0.486. The van der Waals surface area contributed by atoms with Crippen LogP contribution < -0.4 is 0 Å². The Labute approximate surface area is 272 Å². The van der Waals surface area contributed by atoms with E-state index in [1.807, 2.05) is 0 Å². The first-order valence-electron chi connectivity index (χ1n) is 16.0. The molecule has 3 aliphatic carbocycles. The molecule has 0 aromatic heterocycles. The van der Waals surface area contributed by atoms with Crippen molar-refractivity contribution in [2.24, 2.45) is 34.5 Å². The second-order valence-electron chi connectivity index (χ2n) is 14.1. The van der Waals surface area contributed by atoms with Crippen molar-refractivity contribution < 1.29 is 48.5 Å². The Balaban J connectivity index is 1.62. The van der Waals surface area contributed by atoms with Crippen LogP contribution in [0, 0.1) is 34.5 Å². The Hall–Kier alpha value is -4.31. The normalized spacial score (nSPS) is 30.0. The number of phenols is 1. The van der Waals surface area contributed by atoms with Crippen molar-refractivity contribution >= 4 is 40.7 Å². The molecule has 0 aliphatic heterocycles. The van der Waals surface area contributed by atoms with Gasteiger partial charge in [0.15, 0.2) is 34.5 Å². The fourth-order valence-electron chi connectivity index (χ4n) is 8.86. The van der Waals surface area contributed by atoms with Crippen LogP contribution in [0.1, 0.15) is 87.1 Å². The summed E-state index contributed by atoms with van der Waals surface area (Å²) in [5, 5.41) is 23.2. The number of rotatable bonds is 8. The largest absolute Gasteiger partial charge is 0.507 e. The molecule has 10 nitrogen and oxygen atoms in total. The van der Waals surface area contributed by atoms with E-state index in [-0.39, 0.29) is 49.4 Å². The highest BCUT2D eigenvalue weighted by Gasteiger charge is 2.76. The van der Waals surface area contributed by atoms with E-state index in [9.17, 15) is 43.8 Å². The first-order chi connectivity index (χ1) is 21.9. The van der Waals surface area contributed by atoms with E-state index in [0.717, 1.165) is 6.92 Å². The number of carbonyl (C=O) groups excluding carboxylic acids is 7. The van der Waals surface area contributed by atoms with Crippen molar-refractivity contribution in [1.82, 2.24) is 0 Å². The monoisotopic (exact) mass is 644 g/mol. The van der Waals surface area contributed by atoms with Crippen LogP contribution in [0.4, 0.5) is 0 Å². The molecule has 0 saturated heterocycles. The lowest BCUT2D eigenvalue weighted by atomic mass is 9.40. The Bertz CT molecular complexity index is 1750. The number of aliphatic hydroxyl groups is 1. The standard InChI is InChI=1S/C37H40O10/c1-7-47-26(41)14-13-24(39)21-10-8-9-20(15-21)22-11-12-25(40)28-23(22)16-35(5)17-36(6)29(18(2)3)31(42)27(19(4)38)33(44)37(36,46)34(45)30(35)32(28)43/h8-12,15,18,27,29-30,40,46H,7,13-14,16-17H2,1-6H3/t27?,29?,30?,35-,36-,37+/m1/s1. The zero-order valence-electron chi connectivity index (χ0n) is 27.5. The number of aromatic hydroxyl groups is 1. The smallest absolute Gasteiger partial charge is 0.306 e. The third kappa shape index (κ3) is 4.99. The fourth-order valence-corrected chi connectivity index (χ4v) is 8.86. The Morgan fingerprint density at radius 1 is 1.00 bits per heavy atom. The van der Waals surface area contributed by atoms with Crippen LogP contribution >= 0.6 is 0 Å². The topological polar surface area (TPSA) is 169 Å². The van der Waals surface area contributed by atoms with Crippen LogP contribution in [0.25, 0.3) is 11.1 Å². The highest BCUT2D eigenvalue weighted by Crippen LogP contribution is 2.64. The number of ketones is 6. The van der Waals surface area contributed by atoms with Crippen molar-refractivity contribution in [2.45, 2.75) is 72.8 Å². The molecule has 3 aliphatic rings. The van der Waals surface area contributed by atoms with E-state index < -0.39 is 75.0 Å². The number of benzene rings is 2. The van der Waals surface area contributed by atoms with Crippen LogP contribution in [0.3, 0.4) is 0 Å². The first kappa shape index (κ1) is 34.0. The van der Waals surface area contributed by atoms with E-state index in [4.69, 9.17) is 4.74 Å². The summed E-state index contributed by atoms with van der Waals surface area (Å²) in [6.07, 6.45) is -0.125. The molecule has 47 heavy (non-hydrogen) atoms. The minimum absolute atomic E-state index is 0.0588. The van der Waals surface area contributed by atoms with Crippen molar-refractivity contribution in [3.8, 4) is 16.9 Å². The maximum Gasteiger partial charge on any atom is 0.306 e. The van der Waals surface area contributed by atoms with E-state index in [1.54, 1.807) is 58.0 Å². The second-order valence-corrected chi connectivity index (χ2v) is 14.1. The van der Waals surface area contributed by atoms with Gasteiger partial charge in [0.25, 0.3) is 0 Å². The van der Waals surface area contributed by atoms with Crippen molar-refractivity contribution in [3.05, 3.63) is 53.1 Å². The maximum atomic E-state index is 14.5. The zero-order chi connectivity index (χ0) is 34.8. The Morgan fingerprint density at radius 3 is 2.30 bits per heavy atom. The Morgan fingerprint density at radius 2 is 1.68 bits per heavy atom. The molecule has 5 rings (SSSR count). The molecule has 2 N–H and O–H groups in total. The summed E-state index contributed by atoms with van der Waals surface area (Å²) < 4.78 is 4.92. The molecule has 2 aromatic carbocycles. The maximum absolute atomic E-state index is 14.5. The molecular weight excluding hydrogens is 604 g/mol. The van der Waals surface area contributed by atoms with Gasteiger partial charge in [-0.3, -0.25) is 33.6 Å². The summed E-state index contributed by atoms with van der Waals surface area (Å²) in [5.41, 5.74) is -3.82. The van der Waals surface area contributed by atoms with Crippen LogP contribution in [0.5, 0.6) is 5.75 Å². The van der Waals surface area contributed by atoms with Gasteiger partial charge in [-0.25, -0.2) is 0 Å². The molecule has 0 heterocycles. The number of hydrogen-bond acceptors (Lipinski definition) is 10. The number of ether oxygens (including phenoxy) is 1. The Kier molecular flexibility index (Phi) is 8.50. The third-order valence-corrected chi connectivity index (χ3v) is 10.6. The first-order valence-corrected chi connectivity index (χ1v) is 16.0.